The van der Waals surface area contributed by atoms with Crippen molar-refractivity contribution >= 4 is 21.7 Å². The maximum Gasteiger partial charge on any atom is 0.272 e. The van der Waals surface area contributed by atoms with Gasteiger partial charge in [-0.05, 0) is 30.0 Å². The highest BCUT2D eigenvalue weighted by atomic mass is 35.5. The van der Waals surface area contributed by atoms with Crippen LogP contribution in [0.4, 0.5) is 0 Å². The molecule has 0 amide bonds. The predicted octanol–water partition coefficient (Wildman–Crippen LogP) is 3.45. The Bertz CT molecular complexity index is 644. The van der Waals surface area contributed by atoms with E-state index in [2.05, 4.69) is 6.92 Å². The molecule has 7 heteroatoms. The molecule has 1 aromatic rings. The molecule has 0 spiro atoms. The maximum atomic E-state index is 12.2. The zero-order valence-electron chi connectivity index (χ0n) is 12.9. The third kappa shape index (κ3) is 3.28. The number of hydrogen-bond acceptors (Lipinski definition) is 4. The molecule has 3 heterocycles. The first-order valence-electron chi connectivity index (χ1n) is 7.81. The summed E-state index contributed by atoms with van der Waals surface area (Å²) in [5, 5.41) is -0.454. The lowest BCUT2D eigenvalue weighted by Crippen LogP contribution is -2.56. The van der Waals surface area contributed by atoms with Gasteiger partial charge >= 0.3 is 0 Å². The van der Waals surface area contributed by atoms with E-state index in [9.17, 15) is 13.0 Å². The lowest BCUT2D eigenvalue weighted by atomic mass is 9.66. The number of ether oxygens (including phenoxy) is 2. The molecule has 3 fully saturated rings. The van der Waals surface area contributed by atoms with Gasteiger partial charge in [0.15, 0.2) is 6.29 Å². The van der Waals surface area contributed by atoms with E-state index in [1.807, 2.05) is 0 Å². The Morgan fingerprint density at radius 2 is 1.91 bits per heavy atom. The largest absolute Gasteiger partial charge is 0.352 e. The van der Waals surface area contributed by atoms with E-state index < -0.39 is 21.7 Å². The Labute approximate surface area is 141 Å². The van der Waals surface area contributed by atoms with E-state index in [1.165, 1.54) is 0 Å². The van der Waals surface area contributed by atoms with E-state index >= 15 is 0 Å². The molecule has 128 valence electrons. The van der Waals surface area contributed by atoms with Crippen LogP contribution in [0.1, 0.15) is 37.0 Å². The van der Waals surface area contributed by atoms with E-state index in [1.54, 1.807) is 24.3 Å². The van der Waals surface area contributed by atoms with Crippen molar-refractivity contribution in [2.75, 3.05) is 13.2 Å². The summed E-state index contributed by atoms with van der Waals surface area (Å²) >= 11 is 5.90. The third-order valence-corrected chi connectivity index (χ3v) is 6.47. The minimum atomic E-state index is -4.26. The van der Waals surface area contributed by atoms with E-state index in [-0.39, 0.29) is 11.3 Å². The van der Waals surface area contributed by atoms with Crippen LogP contribution in [0.3, 0.4) is 0 Å². The molecule has 3 aliphatic rings. The minimum absolute atomic E-state index is 0.244. The summed E-state index contributed by atoms with van der Waals surface area (Å²) in [6.45, 7) is 2.99. The molecule has 2 bridgehead atoms. The molecule has 0 radical (unpaired) electrons. The van der Waals surface area contributed by atoms with Crippen LogP contribution in [0.25, 0.3) is 0 Å². The Kier molecular flexibility index (Phi) is 4.73. The number of halogens is 1. The first-order valence-corrected chi connectivity index (χ1v) is 9.69. The Morgan fingerprint density at radius 3 is 2.43 bits per heavy atom. The van der Waals surface area contributed by atoms with Crippen LogP contribution in [-0.4, -0.2) is 32.5 Å². The van der Waals surface area contributed by atoms with Crippen LogP contribution >= 0.6 is 11.6 Å². The highest BCUT2D eigenvalue weighted by molar-refractivity contribution is 7.86. The van der Waals surface area contributed by atoms with E-state index in [0.29, 0.717) is 30.2 Å². The SMILES string of the molecule is CCCC12COC(CC1C(c1ccc(Cl)cc1)S(=O)(=O)O)OC2. The van der Waals surface area contributed by atoms with Gasteiger partial charge in [0.05, 0.1) is 13.2 Å². The van der Waals surface area contributed by atoms with Crippen molar-refractivity contribution in [3.05, 3.63) is 34.9 Å². The molecule has 5 nitrogen and oxygen atoms in total. The molecule has 0 aliphatic carbocycles. The fraction of sp³-hybridized carbons (Fsp3) is 0.625. The lowest BCUT2D eigenvalue weighted by molar-refractivity contribution is -0.292. The average Bonchev–Trinajstić information content (AvgIpc) is 2.50. The zero-order chi connectivity index (χ0) is 16.7. The fourth-order valence-corrected chi connectivity index (χ4v) is 5.39. The molecule has 3 saturated heterocycles. The number of hydrogen-bond donors (Lipinski definition) is 1. The van der Waals surface area contributed by atoms with Gasteiger partial charge in [-0.15, -0.1) is 0 Å². The third-order valence-electron chi connectivity index (χ3n) is 4.98. The standard InChI is InChI=1S/C16H21ClO5S/c1-2-7-16-9-21-14(22-10-16)8-13(16)15(23(18,19)20)11-3-5-12(17)6-4-11/h3-6,13-15H,2,7-10H2,1H3,(H,18,19,20). The summed E-state index contributed by atoms with van der Waals surface area (Å²) in [5.41, 5.74) is 0.175. The van der Waals surface area contributed by atoms with Crippen molar-refractivity contribution in [1.29, 1.82) is 0 Å². The Hall–Kier alpha value is -0.660. The summed E-state index contributed by atoms with van der Waals surface area (Å²) in [7, 11) is -4.26. The van der Waals surface area contributed by atoms with Crippen LogP contribution in [0.5, 0.6) is 0 Å². The van der Waals surface area contributed by atoms with Gasteiger partial charge in [-0.2, -0.15) is 8.42 Å². The second-order valence-corrected chi connectivity index (χ2v) is 8.47. The first kappa shape index (κ1) is 17.2. The molecule has 0 saturated carbocycles. The highest BCUT2D eigenvalue weighted by Crippen LogP contribution is 2.53. The van der Waals surface area contributed by atoms with Gasteiger partial charge < -0.3 is 9.47 Å². The van der Waals surface area contributed by atoms with Gasteiger partial charge in [-0.3, -0.25) is 4.55 Å². The second kappa shape index (κ2) is 6.33. The molecule has 23 heavy (non-hydrogen) atoms. The monoisotopic (exact) mass is 360 g/mol. The van der Waals surface area contributed by atoms with Crippen molar-refractivity contribution < 1.29 is 22.4 Å². The fourth-order valence-electron chi connectivity index (χ4n) is 3.95. The predicted molar refractivity (Wildman–Crippen MR) is 86.9 cm³/mol. The number of fused-ring (bicyclic) bond motifs is 3. The summed E-state index contributed by atoms with van der Waals surface area (Å²) < 4.78 is 45.6. The molecule has 1 N–H and O–H groups in total. The van der Waals surface area contributed by atoms with Crippen molar-refractivity contribution in [3.8, 4) is 0 Å². The average molecular weight is 361 g/mol. The summed E-state index contributed by atoms with van der Waals surface area (Å²) in [6.07, 6.45) is 1.76. The van der Waals surface area contributed by atoms with Gasteiger partial charge in [0.1, 0.15) is 5.25 Å². The van der Waals surface area contributed by atoms with Crippen LogP contribution in [0, 0.1) is 11.3 Å². The molecule has 1 aromatic carbocycles. The molecular weight excluding hydrogens is 340 g/mol. The van der Waals surface area contributed by atoms with Gasteiger partial charge in [0.25, 0.3) is 10.1 Å². The maximum absolute atomic E-state index is 12.2. The Morgan fingerprint density at radius 1 is 1.30 bits per heavy atom. The molecule has 4 rings (SSSR count). The number of benzene rings is 1. The van der Waals surface area contributed by atoms with Gasteiger partial charge in [0, 0.05) is 16.9 Å². The summed E-state index contributed by atoms with van der Waals surface area (Å²) in [4.78, 5) is 0. The quantitative estimate of drug-likeness (QED) is 0.814. The second-order valence-electron chi connectivity index (χ2n) is 6.49. The van der Waals surface area contributed by atoms with Gasteiger partial charge in [-0.25, -0.2) is 0 Å². The molecule has 0 aromatic heterocycles. The van der Waals surface area contributed by atoms with Crippen molar-refractivity contribution in [2.24, 2.45) is 11.3 Å². The highest BCUT2D eigenvalue weighted by Gasteiger charge is 2.54. The summed E-state index contributed by atoms with van der Waals surface area (Å²) in [5.74, 6) is -0.244. The van der Waals surface area contributed by atoms with Crippen LogP contribution in [-0.2, 0) is 19.6 Å². The number of rotatable bonds is 5. The molecule has 2 unspecified atom stereocenters. The molecular formula is C16H21ClO5S. The topological polar surface area (TPSA) is 72.8 Å². The van der Waals surface area contributed by atoms with Crippen LogP contribution in [0.15, 0.2) is 24.3 Å². The lowest BCUT2D eigenvalue weighted by Gasteiger charge is -2.53. The zero-order valence-corrected chi connectivity index (χ0v) is 14.5. The smallest absolute Gasteiger partial charge is 0.272 e. The van der Waals surface area contributed by atoms with Crippen molar-refractivity contribution in [3.63, 3.8) is 0 Å². The van der Waals surface area contributed by atoms with Gasteiger partial charge in [0.2, 0.25) is 0 Å². The first-order chi connectivity index (χ1) is 10.9. The van der Waals surface area contributed by atoms with Crippen molar-refractivity contribution in [2.45, 2.75) is 37.7 Å². The molecule has 3 aliphatic heterocycles. The Balaban J connectivity index is 2.04. The van der Waals surface area contributed by atoms with Crippen molar-refractivity contribution in [1.82, 2.24) is 0 Å². The summed E-state index contributed by atoms with van der Waals surface area (Å²) in [6, 6.07) is 6.64. The van der Waals surface area contributed by atoms with E-state index in [0.717, 1.165) is 12.8 Å². The van der Waals surface area contributed by atoms with Gasteiger partial charge in [-0.1, -0.05) is 37.1 Å². The normalized spacial score (nSPS) is 32.0. The van der Waals surface area contributed by atoms with Crippen LogP contribution < -0.4 is 0 Å². The van der Waals surface area contributed by atoms with Crippen LogP contribution in [0.2, 0.25) is 5.02 Å². The minimum Gasteiger partial charge on any atom is -0.352 e. The van der Waals surface area contributed by atoms with E-state index in [4.69, 9.17) is 21.1 Å². The molecule has 2 atom stereocenters.